The van der Waals surface area contributed by atoms with Gasteiger partial charge in [-0.15, -0.1) is 0 Å². The minimum Gasteiger partial charge on any atom is -0.310 e. The molecule has 0 heterocycles. The fraction of sp³-hybridized carbons (Fsp3) is 0.0357. The van der Waals surface area contributed by atoms with Crippen LogP contribution in [0.25, 0.3) is 100 Å². The molecule has 0 amide bonds. The van der Waals surface area contributed by atoms with Crippen LogP contribution in [0.5, 0.6) is 0 Å². The van der Waals surface area contributed by atoms with Gasteiger partial charge in [-0.25, -0.2) is 0 Å². The zero-order valence-corrected chi connectivity index (χ0v) is 62.7. The first kappa shape index (κ1) is 65.4. The van der Waals surface area contributed by atoms with E-state index in [1.165, 1.54) is 156 Å². The molecule has 114 heavy (non-hydrogen) atoms. The zero-order chi connectivity index (χ0) is 75.1. The lowest BCUT2D eigenvalue weighted by molar-refractivity contribution is 0.629. The SMILES string of the molecule is c1ccc(-c2ccc(N(c3ccc4c(c3)C(Cc3ccc(-c5ccc(N(c6ccc(-c7ccccc7)cc6)c6ccc7c(c6)C6(c8ccccc8-c8ccccc86)c6cc(-c8ccccc8)ccc6-7)cc5)cc3)(c3ccccc3)c3ccccc3-4)c3ccc4c(c3)C3(c5ccccc5-c5ccccc53)c3ccccc3-4)cc2)cc1. The Labute approximate surface area is 665 Å². The summed E-state index contributed by atoms with van der Waals surface area (Å²) < 4.78 is 0. The highest BCUT2D eigenvalue weighted by Gasteiger charge is 2.54. The molecule has 2 spiro atoms. The predicted molar refractivity (Wildman–Crippen MR) is 472 cm³/mol. The molecule has 0 saturated carbocycles. The van der Waals surface area contributed by atoms with E-state index in [1.807, 2.05) is 0 Å². The van der Waals surface area contributed by atoms with Crippen LogP contribution >= 0.6 is 0 Å². The van der Waals surface area contributed by atoms with Crippen LogP contribution in [-0.2, 0) is 22.7 Å². The summed E-state index contributed by atoms with van der Waals surface area (Å²) in [5, 5.41) is 0. The average molecular weight is 1450 g/mol. The standard InChI is InChI=1S/C112H74N2/c1-5-25-75(26-6-1)79-49-56-84(57-50-79)113(88-63-68-99-97-65-55-82(77-29-9-3-10-30-77)69-107(97)112(109(99)71-88)104-43-23-16-36-93(104)94-37-17-24-44-105(94)112)85-58-53-81(54-59-85)78-47-45-74(46-48-78)73-110(83-31-11-4-12-32-83)100-39-19-13-33-90(100)96-66-62-87(70-106(96)110)114(86-60-51-80(52-61-86)76-27-7-2-8-28-76)89-64-67-98-95-38-18-22-42-103(95)111(108(98)72-89)101-40-20-14-34-91(101)92-35-15-21-41-102(92)111/h1-72H,73H2. The van der Waals surface area contributed by atoms with Crippen molar-refractivity contribution in [2.45, 2.75) is 22.7 Å². The Morgan fingerprint density at radius 1 is 0.158 bits per heavy atom. The van der Waals surface area contributed by atoms with Gasteiger partial charge in [-0.05, 0) is 252 Å². The third kappa shape index (κ3) is 9.68. The molecule has 5 aliphatic carbocycles. The predicted octanol–water partition coefficient (Wildman–Crippen LogP) is 28.5. The quantitative estimate of drug-likeness (QED) is 0.114. The Hall–Kier alpha value is -14.4. The third-order valence-corrected chi connectivity index (χ3v) is 25.7. The molecule has 0 bridgehead atoms. The lowest BCUT2D eigenvalue weighted by Crippen LogP contribution is -2.30. The van der Waals surface area contributed by atoms with E-state index in [1.54, 1.807) is 0 Å². The second-order valence-corrected chi connectivity index (χ2v) is 31.3. The van der Waals surface area contributed by atoms with Gasteiger partial charge < -0.3 is 9.80 Å². The molecular formula is C112H74N2. The van der Waals surface area contributed by atoms with Crippen LogP contribution in [-0.4, -0.2) is 0 Å². The zero-order valence-electron chi connectivity index (χ0n) is 62.7. The minimum atomic E-state index is -0.561. The topological polar surface area (TPSA) is 6.48 Å². The van der Waals surface area contributed by atoms with Crippen molar-refractivity contribution in [1.82, 2.24) is 0 Å². The number of rotatable bonds is 13. The van der Waals surface area contributed by atoms with Gasteiger partial charge in [-0.3, -0.25) is 0 Å². The highest BCUT2D eigenvalue weighted by atomic mass is 15.1. The van der Waals surface area contributed by atoms with Crippen molar-refractivity contribution in [1.29, 1.82) is 0 Å². The van der Waals surface area contributed by atoms with E-state index < -0.39 is 16.2 Å². The Balaban J connectivity index is 0.633. The van der Waals surface area contributed by atoms with Crippen LogP contribution < -0.4 is 9.80 Å². The smallest absolute Gasteiger partial charge is 0.0726 e. The lowest BCUT2D eigenvalue weighted by atomic mass is 9.68. The number of hydrogen-bond donors (Lipinski definition) is 0. The number of benzene rings is 18. The van der Waals surface area contributed by atoms with Crippen LogP contribution in [0, 0.1) is 0 Å². The fourth-order valence-corrected chi connectivity index (χ4v) is 20.8. The summed E-state index contributed by atoms with van der Waals surface area (Å²) in [6.07, 6.45) is 0.741. The van der Waals surface area contributed by atoms with Gasteiger partial charge in [0.15, 0.2) is 0 Å². The highest BCUT2D eigenvalue weighted by Crippen LogP contribution is 2.66. The largest absolute Gasteiger partial charge is 0.310 e. The summed E-state index contributed by atoms with van der Waals surface area (Å²) in [4.78, 5) is 4.98. The van der Waals surface area contributed by atoms with Crippen molar-refractivity contribution in [3.63, 3.8) is 0 Å². The first-order chi connectivity index (χ1) is 56.5. The monoisotopic (exact) mass is 1450 g/mol. The minimum absolute atomic E-state index is 0.508. The van der Waals surface area contributed by atoms with Crippen LogP contribution in [0.15, 0.2) is 437 Å². The first-order valence-electron chi connectivity index (χ1n) is 39.9. The molecule has 532 valence electrons. The van der Waals surface area contributed by atoms with Crippen LogP contribution in [0.4, 0.5) is 34.1 Å². The molecule has 1 atom stereocenters. The fourth-order valence-electron chi connectivity index (χ4n) is 20.8. The van der Waals surface area contributed by atoms with Gasteiger partial charge in [0.2, 0.25) is 0 Å². The van der Waals surface area contributed by atoms with Gasteiger partial charge in [0.05, 0.1) is 16.2 Å². The summed E-state index contributed by atoms with van der Waals surface area (Å²) in [5.74, 6) is 0. The molecule has 18 aromatic rings. The molecular weight excluding hydrogens is 1370 g/mol. The molecule has 1 unspecified atom stereocenters. The number of hydrogen-bond acceptors (Lipinski definition) is 2. The van der Waals surface area contributed by atoms with Crippen LogP contribution in [0.3, 0.4) is 0 Å². The van der Waals surface area contributed by atoms with E-state index in [4.69, 9.17) is 0 Å². The van der Waals surface area contributed by atoms with Gasteiger partial charge in [-0.2, -0.15) is 0 Å². The van der Waals surface area contributed by atoms with Crippen LogP contribution in [0.2, 0.25) is 0 Å². The molecule has 0 fully saturated rings. The number of anilines is 6. The van der Waals surface area contributed by atoms with Gasteiger partial charge in [0.25, 0.3) is 0 Å². The van der Waals surface area contributed by atoms with Gasteiger partial charge >= 0.3 is 0 Å². The molecule has 23 rings (SSSR count). The van der Waals surface area contributed by atoms with Crippen molar-refractivity contribution in [3.8, 4) is 100 Å². The highest BCUT2D eigenvalue weighted by molar-refractivity contribution is 6.00. The maximum atomic E-state index is 2.54. The van der Waals surface area contributed by atoms with E-state index in [0.717, 1.165) is 51.7 Å². The van der Waals surface area contributed by atoms with Crippen LogP contribution in [0.1, 0.15) is 66.8 Å². The normalized spacial score (nSPS) is 14.5. The van der Waals surface area contributed by atoms with E-state index in [-0.39, 0.29) is 0 Å². The van der Waals surface area contributed by atoms with Crippen molar-refractivity contribution in [2.75, 3.05) is 9.80 Å². The van der Waals surface area contributed by atoms with Crippen molar-refractivity contribution < 1.29 is 0 Å². The summed E-state index contributed by atoms with van der Waals surface area (Å²) in [5.41, 5.74) is 42.9. The maximum Gasteiger partial charge on any atom is 0.0726 e. The van der Waals surface area contributed by atoms with Gasteiger partial charge in [0.1, 0.15) is 0 Å². The van der Waals surface area contributed by atoms with Crippen molar-refractivity contribution >= 4 is 34.1 Å². The van der Waals surface area contributed by atoms with Gasteiger partial charge in [-0.1, -0.05) is 358 Å². The molecule has 0 aliphatic heterocycles. The average Bonchev–Trinajstić information content (AvgIpc) is 1.51. The Kier molecular flexibility index (Phi) is 14.8. The molecule has 0 N–H and O–H groups in total. The third-order valence-electron chi connectivity index (χ3n) is 25.7. The second kappa shape index (κ2) is 25.8. The molecule has 5 aliphatic rings. The number of nitrogens with zero attached hydrogens (tertiary/aromatic N) is 2. The molecule has 18 aromatic carbocycles. The second-order valence-electron chi connectivity index (χ2n) is 31.3. The Morgan fingerprint density at radius 3 is 0.781 bits per heavy atom. The Bertz CT molecular complexity index is 6730. The lowest BCUT2D eigenvalue weighted by Gasteiger charge is -2.35. The summed E-state index contributed by atoms with van der Waals surface area (Å²) >= 11 is 0. The molecule has 2 heteroatoms. The summed E-state index contributed by atoms with van der Waals surface area (Å²) in [7, 11) is 0. The summed E-state index contributed by atoms with van der Waals surface area (Å²) in [6.45, 7) is 0. The maximum absolute atomic E-state index is 2.54. The summed E-state index contributed by atoms with van der Waals surface area (Å²) in [6, 6.07) is 165. The van der Waals surface area contributed by atoms with E-state index in [9.17, 15) is 0 Å². The van der Waals surface area contributed by atoms with E-state index >= 15 is 0 Å². The van der Waals surface area contributed by atoms with Gasteiger partial charge in [0, 0.05) is 34.1 Å². The van der Waals surface area contributed by atoms with Crippen molar-refractivity contribution in [3.05, 3.63) is 504 Å². The molecule has 0 radical (unpaired) electrons. The molecule has 2 nitrogen and oxygen atoms in total. The number of fused-ring (bicyclic) bond motifs is 23. The molecule has 0 aromatic heterocycles. The first-order valence-corrected chi connectivity index (χ1v) is 39.9. The van der Waals surface area contributed by atoms with E-state index in [0.29, 0.717) is 0 Å². The Morgan fingerprint density at radius 2 is 0.395 bits per heavy atom. The van der Waals surface area contributed by atoms with Crippen molar-refractivity contribution in [2.24, 2.45) is 0 Å². The van der Waals surface area contributed by atoms with E-state index in [2.05, 4.69) is 447 Å². The molecule has 0 saturated heterocycles.